The maximum absolute atomic E-state index is 13.3. The van der Waals surface area contributed by atoms with Gasteiger partial charge in [0.2, 0.25) is 21.8 Å². The van der Waals surface area contributed by atoms with Gasteiger partial charge in [-0.3, -0.25) is 14.9 Å². The molecule has 1 aliphatic rings. The van der Waals surface area contributed by atoms with Crippen LogP contribution in [0.25, 0.3) is 0 Å². The molecule has 12 heteroatoms. The van der Waals surface area contributed by atoms with E-state index in [0.717, 1.165) is 19.3 Å². The summed E-state index contributed by atoms with van der Waals surface area (Å²) in [6.07, 6.45) is 3.14. The van der Waals surface area contributed by atoms with Crippen molar-refractivity contribution in [1.29, 1.82) is 0 Å². The lowest BCUT2D eigenvalue weighted by Crippen LogP contribution is -2.47. The second-order valence-electron chi connectivity index (χ2n) is 10.3. The molecular weight excluding hydrogens is 526 g/mol. The molecule has 0 unspecified atom stereocenters. The summed E-state index contributed by atoms with van der Waals surface area (Å²) in [5.41, 5.74) is -1.57. The molecule has 1 atom stereocenters. The van der Waals surface area contributed by atoms with Gasteiger partial charge in [0.05, 0.1) is 16.5 Å². The van der Waals surface area contributed by atoms with Crippen molar-refractivity contribution in [3.8, 4) is 0 Å². The number of halogens is 4. The van der Waals surface area contributed by atoms with Crippen LogP contribution in [0.5, 0.6) is 0 Å². The van der Waals surface area contributed by atoms with E-state index in [2.05, 4.69) is 15.4 Å². The number of amides is 2. The Morgan fingerprint density at radius 3 is 2.34 bits per heavy atom. The predicted molar refractivity (Wildman–Crippen MR) is 136 cm³/mol. The fourth-order valence-corrected chi connectivity index (χ4v) is 5.90. The lowest BCUT2D eigenvalue weighted by atomic mass is 9.86. The molecule has 216 valence electrons. The van der Waals surface area contributed by atoms with Gasteiger partial charge < -0.3 is 5.32 Å². The van der Waals surface area contributed by atoms with Gasteiger partial charge in [-0.2, -0.15) is 13.2 Å². The van der Waals surface area contributed by atoms with Gasteiger partial charge >= 0.3 is 6.18 Å². The van der Waals surface area contributed by atoms with Gasteiger partial charge in [0, 0.05) is 13.0 Å². The van der Waals surface area contributed by atoms with Gasteiger partial charge in [0.15, 0.2) is 0 Å². The Morgan fingerprint density at radius 2 is 1.71 bits per heavy atom. The molecule has 38 heavy (non-hydrogen) atoms. The number of benzene rings is 1. The van der Waals surface area contributed by atoms with Crippen LogP contribution in [0, 0.1) is 17.7 Å². The second-order valence-corrected chi connectivity index (χ2v) is 12.1. The number of unbranched alkanes of at least 4 members (excludes halogenated alkanes) is 1. The molecule has 0 aliphatic heterocycles. The van der Waals surface area contributed by atoms with Crippen molar-refractivity contribution in [3.63, 3.8) is 0 Å². The van der Waals surface area contributed by atoms with E-state index in [0.29, 0.717) is 43.9 Å². The maximum atomic E-state index is 13.3. The molecule has 0 radical (unpaired) electrons. The summed E-state index contributed by atoms with van der Waals surface area (Å²) in [4.78, 5) is 23.9. The Kier molecular flexibility index (Phi) is 12.6. The van der Waals surface area contributed by atoms with E-state index < -0.39 is 44.4 Å². The van der Waals surface area contributed by atoms with Gasteiger partial charge in [-0.25, -0.2) is 17.5 Å². The van der Waals surface area contributed by atoms with Crippen molar-refractivity contribution < 1.29 is 35.6 Å². The van der Waals surface area contributed by atoms with Crippen molar-refractivity contribution in [1.82, 2.24) is 15.4 Å². The van der Waals surface area contributed by atoms with Crippen LogP contribution in [0.15, 0.2) is 23.1 Å². The van der Waals surface area contributed by atoms with Crippen LogP contribution in [-0.4, -0.2) is 39.4 Å². The molecule has 1 aliphatic carbocycles. The number of imide groups is 1. The van der Waals surface area contributed by atoms with E-state index in [1.807, 2.05) is 13.8 Å². The Balaban J connectivity index is 1.79. The van der Waals surface area contributed by atoms with Crippen molar-refractivity contribution in [2.75, 3.05) is 13.1 Å². The number of nitrogens with one attached hydrogen (secondary N) is 3. The van der Waals surface area contributed by atoms with E-state index in [9.17, 15) is 35.6 Å². The van der Waals surface area contributed by atoms with E-state index >= 15 is 0 Å². The third-order valence-corrected chi connectivity index (χ3v) is 8.13. The molecular formula is C26H39F4N3O4S. The molecule has 0 spiro atoms. The summed E-state index contributed by atoms with van der Waals surface area (Å²) in [5.74, 6) is -1.16. The molecule has 1 aromatic rings. The predicted octanol–water partition coefficient (Wildman–Crippen LogP) is 4.91. The van der Waals surface area contributed by atoms with E-state index in [4.69, 9.17) is 0 Å². The van der Waals surface area contributed by atoms with Crippen LogP contribution in [0.4, 0.5) is 17.6 Å². The van der Waals surface area contributed by atoms with Crippen LogP contribution in [0.2, 0.25) is 0 Å². The number of sulfonamides is 1. The average Bonchev–Trinajstić information content (AvgIpc) is 2.83. The number of carbonyl (C=O) groups is 2. The zero-order valence-electron chi connectivity index (χ0n) is 22.0. The monoisotopic (exact) mass is 565 g/mol. The number of alkyl halides is 3. The van der Waals surface area contributed by atoms with Gasteiger partial charge in [-0.05, 0) is 62.3 Å². The molecule has 2 amide bonds. The van der Waals surface area contributed by atoms with Crippen LogP contribution in [0.3, 0.4) is 0 Å². The van der Waals surface area contributed by atoms with Crippen LogP contribution < -0.4 is 15.4 Å². The number of rotatable bonds is 14. The third-order valence-electron chi connectivity index (χ3n) is 6.61. The zero-order valence-corrected chi connectivity index (χ0v) is 22.8. The first-order chi connectivity index (χ1) is 17.8. The molecule has 0 heterocycles. The summed E-state index contributed by atoms with van der Waals surface area (Å²) in [5, 5.41) is 5.58. The van der Waals surface area contributed by atoms with E-state index in [1.165, 1.54) is 19.3 Å². The summed E-state index contributed by atoms with van der Waals surface area (Å²) in [6.45, 7) is 4.10. The molecule has 7 nitrogen and oxygen atoms in total. The highest BCUT2D eigenvalue weighted by molar-refractivity contribution is 7.89. The molecule has 1 saturated carbocycles. The normalized spacial score (nSPS) is 16.0. The summed E-state index contributed by atoms with van der Waals surface area (Å²) in [6, 6.07) is 0.806. The number of carbonyl (C=O) groups excluding carboxylic acids is 2. The number of hydrogen-bond donors (Lipinski definition) is 3. The minimum Gasteiger partial charge on any atom is -0.306 e. The van der Waals surface area contributed by atoms with Gasteiger partial charge in [0.1, 0.15) is 5.82 Å². The van der Waals surface area contributed by atoms with Gasteiger partial charge in [-0.15, -0.1) is 0 Å². The Labute approximate surface area is 222 Å². The lowest BCUT2D eigenvalue weighted by Gasteiger charge is -2.22. The van der Waals surface area contributed by atoms with E-state index in [1.54, 1.807) is 0 Å². The lowest BCUT2D eigenvalue weighted by molar-refractivity contribution is -0.140. The van der Waals surface area contributed by atoms with Crippen molar-refractivity contribution in [2.45, 2.75) is 95.2 Å². The zero-order chi connectivity index (χ0) is 28.3. The topological polar surface area (TPSA) is 104 Å². The number of hydrogen-bond acceptors (Lipinski definition) is 5. The van der Waals surface area contributed by atoms with Gasteiger partial charge in [0.25, 0.3) is 0 Å². The van der Waals surface area contributed by atoms with E-state index in [-0.39, 0.29) is 30.9 Å². The molecule has 0 bridgehead atoms. The minimum atomic E-state index is -5.03. The Hall–Kier alpha value is -2.05. The van der Waals surface area contributed by atoms with Crippen LogP contribution in [0.1, 0.15) is 83.6 Å². The highest BCUT2D eigenvalue weighted by Crippen LogP contribution is 2.34. The van der Waals surface area contributed by atoms with Crippen LogP contribution in [-0.2, 0) is 25.8 Å². The maximum Gasteiger partial charge on any atom is 0.417 e. The summed E-state index contributed by atoms with van der Waals surface area (Å²) >= 11 is 0. The fraction of sp³-hybridized carbons (Fsp3) is 0.692. The fourth-order valence-electron chi connectivity index (χ4n) is 4.62. The summed E-state index contributed by atoms with van der Waals surface area (Å²) in [7, 11) is -4.51. The summed E-state index contributed by atoms with van der Waals surface area (Å²) < 4.78 is 79.7. The minimum absolute atomic E-state index is 0.140. The van der Waals surface area contributed by atoms with Crippen molar-refractivity contribution in [2.24, 2.45) is 11.8 Å². The molecule has 0 saturated heterocycles. The molecule has 1 aromatic carbocycles. The molecule has 2 rings (SSSR count). The largest absolute Gasteiger partial charge is 0.417 e. The average molecular weight is 566 g/mol. The first-order valence-electron chi connectivity index (χ1n) is 13.2. The Morgan fingerprint density at radius 1 is 1.05 bits per heavy atom. The van der Waals surface area contributed by atoms with Crippen molar-refractivity contribution in [3.05, 3.63) is 29.6 Å². The smallest absolute Gasteiger partial charge is 0.306 e. The van der Waals surface area contributed by atoms with Crippen LogP contribution >= 0.6 is 0 Å². The molecule has 1 fully saturated rings. The highest BCUT2D eigenvalue weighted by Gasteiger charge is 2.37. The highest BCUT2D eigenvalue weighted by atomic mass is 32.2. The molecule has 3 N–H and O–H groups in total. The van der Waals surface area contributed by atoms with Crippen molar-refractivity contribution >= 4 is 21.8 Å². The first kappa shape index (κ1) is 32.2. The standard InChI is InChI=1S/C26H39F4N3O4S/c1-18(2)16-22(25(35)33-24(34)13-10-19-8-4-3-5-9-19)31-14-6-7-15-32-38(36,37)23-12-11-20(27)17-21(23)26(28,29)30/h11-12,17-19,22,31-32H,3-10,13-16H2,1-2H3,(H,33,34,35)/t22-/m0/s1. The Bertz CT molecular complexity index is 1030. The quantitative estimate of drug-likeness (QED) is 0.220. The second kappa shape index (κ2) is 14.9. The molecule has 0 aromatic heterocycles. The third kappa shape index (κ3) is 11.0. The SMILES string of the molecule is CC(C)C[C@H](NCCCCNS(=O)(=O)c1ccc(F)cc1C(F)(F)F)C(=O)NC(=O)CCC1CCCCC1. The first-order valence-corrected chi connectivity index (χ1v) is 14.7. The van der Waals surface area contributed by atoms with Gasteiger partial charge in [-0.1, -0.05) is 46.0 Å².